The van der Waals surface area contributed by atoms with Crippen LogP contribution in [0.3, 0.4) is 0 Å². The first-order valence-electron chi connectivity index (χ1n) is 20.3. The monoisotopic (exact) mass is 653 g/mol. The van der Waals surface area contributed by atoms with Crippen LogP contribution < -0.4 is 0 Å². The standard InChI is InChI=1S/C41H83NO2P/c1-6-8-10-12-14-16-18-20-22-23-25-27-29-31-33-35-37-40(41(43)45-44-39-38-42(3,4)5)36-34-32-30-28-26-24-21-19-17-15-13-11-9-7-2/h21,24,40,45H,6-20,22-23,25-39H2,1-5H3/q+1. The molecule has 0 aromatic heterocycles. The summed E-state index contributed by atoms with van der Waals surface area (Å²) in [5.74, 6) is 0.219. The van der Waals surface area contributed by atoms with Crippen molar-refractivity contribution in [3.8, 4) is 0 Å². The maximum absolute atomic E-state index is 13.1. The first-order valence-corrected chi connectivity index (χ1v) is 21.2. The van der Waals surface area contributed by atoms with Gasteiger partial charge in [0.15, 0.2) is 5.52 Å². The third-order valence-corrected chi connectivity index (χ3v) is 10.3. The van der Waals surface area contributed by atoms with E-state index in [4.69, 9.17) is 4.52 Å². The molecule has 0 saturated carbocycles. The molecule has 4 heteroatoms. The number of likely N-dealkylation sites (N-methyl/N-ethyl adjacent to an activating group) is 1. The fourth-order valence-corrected chi connectivity index (χ4v) is 6.95. The van der Waals surface area contributed by atoms with Gasteiger partial charge in [-0.1, -0.05) is 180 Å². The third kappa shape index (κ3) is 36.4. The fourth-order valence-electron chi connectivity index (χ4n) is 6.16. The number of carbonyl (C=O) groups is 1. The second kappa shape index (κ2) is 35.1. The highest BCUT2D eigenvalue weighted by molar-refractivity contribution is 7.53. The maximum Gasteiger partial charge on any atom is 0.181 e. The minimum atomic E-state index is 0.0359. The van der Waals surface area contributed by atoms with Gasteiger partial charge in [-0.2, -0.15) is 0 Å². The number of rotatable bonds is 37. The number of unbranched alkanes of at least 4 members (excludes halogenated alkanes) is 25. The summed E-state index contributed by atoms with van der Waals surface area (Å²) in [6, 6.07) is 0. The van der Waals surface area contributed by atoms with Gasteiger partial charge in [-0.25, -0.2) is 0 Å². The molecule has 0 bridgehead atoms. The summed E-state index contributed by atoms with van der Waals surface area (Å²) in [7, 11) is 6.58. The summed E-state index contributed by atoms with van der Waals surface area (Å²) in [5, 5.41) is 0. The largest absolute Gasteiger partial charge is 0.349 e. The van der Waals surface area contributed by atoms with Crippen LogP contribution in [0.1, 0.15) is 206 Å². The number of hydrogen-bond donors (Lipinski definition) is 0. The Labute approximate surface area is 286 Å². The van der Waals surface area contributed by atoms with E-state index < -0.39 is 0 Å². The van der Waals surface area contributed by atoms with Crippen molar-refractivity contribution in [3.05, 3.63) is 12.2 Å². The molecule has 0 spiro atoms. The van der Waals surface area contributed by atoms with Crippen LogP contribution in [0.5, 0.6) is 0 Å². The van der Waals surface area contributed by atoms with Crippen LogP contribution in [0.25, 0.3) is 0 Å². The van der Waals surface area contributed by atoms with Gasteiger partial charge in [-0.05, 0) is 38.5 Å². The van der Waals surface area contributed by atoms with E-state index in [-0.39, 0.29) is 14.7 Å². The summed E-state index contributed by atoms with van der Waals surface area (Å²) >= 11 is 0. The number of hydrogen-bond acceptors (Lipinski definition) is 2. The van der Waals surface area contributed by atoms with E-state index in [1.54, 1.807) is 0 Å². The molecular formula is C41H83NO2P+. The molecule has 3 nitrogen and oxygen atoms in total. The van der Waals surface area contributed by atoms with Crippen molar-refractivity contribution < 1.29 is 13.8 Å². The van der Waals surface area contributed by atoms with Crippen LogP contribution in [0, 0.1) is 5.92 Å². The van der Waals surface area contributed by atoms with Gasteiger partial charge in [-0.3, -0.25) is 4.79 Å². The molecule has 0 radical (unpaired) electrons. The van der Waals surface area contributed by atoms with Crippen molar-refractivity contribution in [2.45, 2.75) is 206 Å². The molecule has 2 unspecified atom stereocenters. The Morgan fingerprint density at radius 3 is 1.22 bits per heavy atom. The smallest absolute Gasteiger partial charge is 0.181 e. The number of allylic oxidation sites excluding steroid dienone is 2. The van der Waals surface area contributed by atoms with E-state index in [0.29, 0.717) is 12.1 Å². The van der Waals surface area contributed by atoms with E-state index in [1.807, 2.05) is 0 Å². The normalized spacial score (nSPS) is 13.1. The molecule has 0 aromatic rings. The fraction of sp³-hybridized carbons (Fsp3) is 0.927. The van der Waals surface area contributed by atoms with E-state index in [1.165, 1.54) is 180 Å². The van der Waals surface area contributed by atoms with Gasteiger partial charge < -0.3 is 9.01 Å². The van der Waals surface area contributed by atoms with Crippen molar-refractivity contribution in [2.24, 2.45) is 5.92 Å². The lowest BCUT2D eigenvalue weighted by Crippen LogP contribution is -2.37. The third-order valence-electron chi connectivity index (χ3n) is 9.38. The Morgan fingerprint density at radius 2 is 0.867 bits per heavy atom. The van der Waals surface area contributed by atoms with E-state index in [0.717, 1.165) is 23.9 Å². The second-order valence-electron chi connectivity index (χ2n) is 15.1. The summed E-state index contributed by atoms with van der Waals surface area (Å²) < 4.78 is 6.75. The van der Waals surface area contributed by atoms with Gasteiger partial charge >= 0.3 is 0 Å². The molecular weight excluding hydrogens is 569 g/mol. The number of nitrogens with zero attached hydrogens (tertiary/aromatic N) is 1. The van der Waals surface area contributed by atoms with Crippen molar-refractivity contribution in [1.82, 2.24) is 0 Å². The Hall–Kier alpha value is -0.240. The molecule has 0 aromatic carbocycles. The lowest BCUT2D eigenvalue weighted by Gasteiger charge is -2.23. The highest BCUT2D eigenvalue weighted by atomic mass is 31.1. The van der Waals surface area contributed by atoms with Crippen molar-refractivity contribution >= 4 is 14.3 Å². The Balaban J connectivity index is 4.01. The molecule has 0 aliphatic rings. The SMILES string of the molecule is CCCCCCCCC=CCCCCCCC(CCCCCCCCCCCCCCCCCC)C(=O)POCC[N+](C)(C)C. The van der Waals surface area contributed by atoms with E-state index >= 15 is 0 Å². The van der Waals surface area contributed by atoms with Crippen LogP contribution >= 0.6 is 8.81 Å². The predicted octanol–water partition coefficient (Wildman–Crippen LogP) is 13.7. The Bertz CT molecular complexity index is 629. The number of quaternary nitrogens is 1. The molecule has 0 saturated heterocycles. The molecule has 0 amide bonds. The lowest BCUT2D eigenvalue weighted by atomic mass is 9.95. The van der Waals surface area contributed by atoms with Gasteiger partial charge in [-0.15, -0.1) is 0 Å². The Morgan fingerprint density at radius 1 is 0.533 bits per heavy atom. The van der Waals surface area contributed by atoms with Crippen molar-refractivity contribution in [3.63, 3.8) is 0 Å². The van der Waals surface area contributed by atoms with Crippen LogP contribution in [-0.2, 0) is 9.32 Å². The summed E-state index contributed by atoms with van der Waals surface area (Å²) in [6.07, 6.45) is 45.1. The first kappa shape index (κ1) is 44.8. The topological polar surface area (TPSA) is 26.3 Å². The van der Waals surface area contributed by atoms with E-state index in [2.05, 4.69) is 47.1 Å². The van der Waals surface area contributed by atoms with E-state index in [9.17, 15) is 4.79 Å². The van der Waals surface area contributed by atoms with Crippen molar-refractivity contribution in [1.29, 1.82) is 0 Å². The Kier molecular flexibility index (Phi) is 34.9. The molecule has 0 fully saturated rings. The molecule has 0 heterocycles. The highest BCUT2D eigenvalue weighted by Gasteiger charge is 2.19. The maximum atomic E-state index is 13.1. The zero-order chi connectivity index (χ0) is 33.1. The summed E-state index contributed by atoms with van der Waals surface area (Å²) in [5.41, 5.74) is 0.384. The van der Waals surface area contributed by atoms with Crippen LogP contribution in [0.15, 0.2) is 12.2 Å². The van der Waals surface area contributed by atoms with Gasteiger partial charge in [0.05, 0.1) is 30.0 Å². The average Bonchev–Trinajstić information content (AvgIpc) is 3.01. The van der Waals surface area contributed by atoms with Crippen LogP contribution in [-0.4, -0.2) is 44.3 Å². The molecule has 0 rings (SSSR count). The average molecular weight is 653 g/mol. The molecule has 45 heavy (non-hydrogen) atoms. The van der Waals surface area contributed by atoms with Crippen LogP contribution in [0.2, 0.25) is 0 Å². The minimum Gasteiger partial charge on any atom is -0.349 e. The number of carbonyl (C=O) groups excluding carboxylic acids is 1. The zero-order valence-corrected chi connectivity index (χ0v) is 32.6. The minimum absolute atomic E-state index is 0.0359. The van der Waals surface area contributed by atoms with Gasteiger partial charge in [0.1, 0.15) is 13.2 Å². The van der Waals surface area contributed by atoms with Crippen molar-refractivity contribution in [2.75, 3.05) is 34.3 Å². The summed E-state index contributed by atoms with van der Waals surface area (Å²) in [6.45, 7) is 6.23. The predicted molar refractivity (Wildman–Crippen MR) is 205 cm³/mol. The lowest BCUT2D eigenvalue weighted by molar-refractivity contribution is -0.870. The van der Waals surface area contributed by atoms with Gasteiger partial charge in [0.2, 0.25) is 0 Å². The molecule has 0 N–H and O–H groups in total. The van der Waals surface area contributed by atoms with Crippen LogP contribution in [0.4, 0.5) is 0 Å². The molecule has 2 atom stereocenters. The second-order valence-corrected chi connectivity index (χ2v) is 16.1. The molecule has 268 valence electrons. The molecule has 0 aliphatic heterocycles. The van der Waals surface area contributed by atoms with Gasteiger partial charge in [0.25, 0.3) is 0 Å². The quantitative estimate of drug-likeness (QED) is 0.0289. The first-order chi connectivity index (χ1) is 21.9. The zero-order valence-electron chi connectivity index (χ0n) is 31.6. The van der Waals surface area contributed by atoms with Gasteiger partial charge in [0, 0.05) is 5.92 Å². The molecule has 0 aliphatic carbocycles. The highest BCUT2D eigenvalue weighted by Crippen LogP contribution is 2.28. The summed E-state index contributed by atoms with van der Waals surface area (Å²) in [4.78, 5) is 13.1.